The maximum absolute atomic E-state index is 13.6. The van der Waals surface area contributed by atoms with E-state index in [2.05, 4.69) is 16.0 Å². The number of fused-ring (bicyclic) bond motifs is 2. The van der Waals surface area contributed by atoms with E-state index in [1.165, 1.54) is 11.3 Å². The van der Waals surface area contributed by atoms with Gasteiger partial charge in [-0.2, -0.15) is 13.2 Å². The molecule has 0 bridgehead atoms. The molecule has 0 atom stereocenters. The summed E-state index contributed by atoms with van der Waals surface area (Å²) in [5.74, 6) is -0.555. The van der Waals surface area contributed by atoms with Gasteiger partial charge in [0.15, 0.2) is 0 Å². The van der Waals surface area contributed by atoms with E-state index in [4.69, 9.17) is 9.47 Å². The van der Waals surface area contributed by atoms with Gasteiger partial charge in [-0.1, -0.05) is 0 Å². The Balaban J connectivity index is 1.54. The van der Waals surface area contributed by atoms with E-state index in [1.54, 1.807) is 20.8 Å². The number of ether oxygens (including phenoxy) is 2. The first-order chi connectivity index (χ1) is 15.9. The van der Waals surface area contributed by atoms with Crippen LogP contribution in [0.4, 0.5) is 23.0 Å². The highest BCUT2D eigenvalue weighted by atomic mass is 32.1. The number of thiophene rings is 2. The molecule has 0 saturated carbocycles. The van der Waals surface area contributed by atoms with Gasteiger partial charge in [0, 0.05) is 22.8 Å². The number of hydrogen-bond donors (Lipinski definition) is 3. The van der Waals surface area contributed by atoms with Crippen molar-refractivity contribution in [1.29, 1.82) is 0 Å². The fraction of sp³-hybridized carbons (Fsp3) is 0.545. The Kier molecular flexibility index (Phi) is 6.96. The van der Waals surface area contributed by atoms with E-state index < -0.39 is 28.7 Å². The second-order valence-corrected chi connectivity index (χ2v) is 11.3. The summed E-state index contributed by atoms with van der Waals surface area (Å²) in [7, 11) is 0. The van der Waals surface area contributed by atoms with Gasteiger partial charge in [0.2, 0.25) is 0 Å². The molecule has 0 aromatic carbocycles. The molecule has 4 heterocycles. The van der Waals surface area contributed by atoms with E-state index >= 15 is 0 Å². The van der Waals surface area contributed by atoms with E-state index in [0.29, 0.717) is 54.6 Å². The summed E-state index contributed by atoms with van der Waals surface area (Å²) in [6, 6.07) is -0.689. The molecule has 0 fully saturated rings. The molecule has 0 radical (unpaired) electrons. The lowest BCUT2D eigenvalue weighted by molar-refractivity contribution is -0.135. The standard InChI is InChI=1S/C22H26F3N3O4S2/c1-21(2,3)32-19(29)16-12-5-7-31-10-15(12)34-18(16)28-20(30)27-8-13-11-4-6-26-9-14(11)33-17(13)22(23,24)25/h26H,4-10H2,1-3H3,(H2,27,28,30). The van der Waals surface area contributed by atoms with Gasteiger partial charge in [0.05, 0.1) is 18.8 Å². The largest absolute Gasteiger partial charge is 0.456 e. The molecule has 3 N–H and O–H groups in total. The summed E-state index contributed by atoms with van der Waals surface area (Å²) >= 11 is 1.94. The molecule has 2 aliphatic heterocycles. The topological polar surface area (TPSA) is 88.7 Å². The predicted octanol–water partition coefficient (Wildman–Crippen LogP) is 4.82. The summed E-state index contributed by atoms with van der Waals surface area (Å²) in [5.41, 5.74) is 1.09. The van der Waals surface area contributed by atoms with Crippen LogP contribution in [0.5, 0.6) is 0 Å². The third kappa shape index (κ3) is 5.40. The number of alkyl halides is 3. The van der Waals surface area contributed by atoms with Crippen LogP contribution in [0.1, 0.15) is 62.5 Å². The molecule has 7 nitrogen and oxygen atoms in total. The highest BCUT2D eigenvalue weighted by molar-refractivity contribution is 7.17. The fourth-order valence-corrected chi connectivity index (χ4v) is 6.37. The second kappa shape index (κ2) is 9.48. The average molecular weight is 518 g/mol. The number of esters is 1. The number of carbonyl (C=O) groups excluding carboxylic acids is 2. The Morgan fingerprint density at radius 1 is 1.12 bits per heavy atom. The summed E-state index contributed by atoms with van der Waals surface area (Å²) in [6.45, 7) is 6.74. The molecule has 0 aliphatic carbocycles. The summed E-state index contributed by atoms with van der Waals surface area (Å²) < 4.78 is 51.8. The van der Waals surface area contributed by atoms with Crippen molar-refractivity contribution in [3.8, 4) is 0 Å². The van der Waals surface area contributed by atoms with Crippen LogP contribution in [-0.4, -0.2) is 30.8 Å². The van der Waals surface area contributed by atoms with Crippen molar-refractivity contribution < 1.29 is 32.2 Å². The predicted molar refractivity (Wildman–Crippen MR) is 123 cm³/mol. The molecule has 2 aromatic rings. The average Bonchev–Trinajstić information content (AvgIpc) is 3.29. The minimum absolute atomic E-state index is 0.107. The van der Waals surface area contributed by atoms with E-state index in [0.717, 1.165) is 21.8 Å². The van der Waals surface area contributed by atoms with Crippen LogP contribution < -0.4 is 16.0 Å². The van der Waals surface area contributed by atoms with E-state index in [1.807, 2.05) is 0 Å². The molecule has 0 unspecified atom stereocenters. The first-order valence-electron chi connectivity index (χ1n) is 10.9. The van der Waals surface area contributed by atoms with Gasteiger partial charge in [-0.3, -0.25) is 5.32 Å². The van der Waals surface area contributed by atoms with Crippen molar-refractivity contribution in [3.63, 3.8) is 0 Å². The Morgan fingerprint density at radius 2 is 1.88 bits per heavy atom. The number of amides is 2. The van der Waals surface area contributed by atoms with Crippen molar-refractivity contribution in [2.75, 3.05) is 18.5 Å². The molecule has 186 valence electrons. The third-order valence-corrected chi connectivity index (χ3v) is 7.81. The lowest BCUT2D eigenvalue weighted by atomic mass is 10.0. The number of rotatable bonds is 4. The van der Waals surface area contributed by atoms with Crippen molar-refractivity contribution in [2.24, 2.45) is 0 Å². The number of nitrogens with one attached hydrogen (secondary N) is 3. The lowest BCUT2D eigenvalue weighted by Gasteiger charge is -2.21. The second-order valence-electron chi connectivity index (χ2n) is 9.06. The Labute approximate surface area is 203 Å². The van der Waals surface area contributed by atoms with Crippen LogP contribution in [0, 0.1) is 0 Å². The highest BCUT2D eigenvalue weighted by Crippen LogP contribution is 2.42. The maximum atomic E-state index is 13.6. The van der Waals surface area contributed by atoms with Crippen LogP contribution >= 0.6 is 22.7 Å². The fourth-order valence-electron chi connectivity index (χ4n) is 4.00. The number of urea groups is 1. The summed E-state index contributed by atoms with van der Waals surface area (Å²) in [6.07, 6.45) is -3.51. The van der Waals surface area contributed by atoms with E-state index in [9.17, 15) is 22.8 Å². The normalized spacial score (nSPS) is 15.9. The van der Waals surface area contributed by atoms with Crippen molar-refractivity contribution in [1.82, 2.24) is 10.6 Å². The molecule has 34 heavy (non-hydrogen) atoms. The monoisotopic (exact) mass is 517 g/mol. The van der Waals surface area contributed by atoms with Crippen LogP contribution in [0.25, 0.3) is 0 Å². The van der Waals surface area contributed by atoms with Crippen LogP contribution in [0.2, 0.25) is 0 Å². The first-order valence-corrected chi connectivity index (χ1v) is 12.5. The molecule has 2 aromatic heterocycles. The first kappa shape index (κ1) is 25.0. The summed E-state index contributed by atoms with van der Waals surface area (Å²) in [5, 5.41) is 8.59. The van der Waals surface area contributed by atoms with Gasteiger partial charge in [0.25, 0.3) is 0 Å². The summed E-state index contributed by atoms with van der Waals surface area (Å²) in [4.78, 5) is 26.4. The Bertz CT molecular complexity index is 1100. The van der Waals surface area contributed by atoms with Gasteiger partial charge < -0.3 is 20.1 Å². The zero-order chi connectivity index (χ0) is 24.7. The molecule has 0 spiro atoms. The maximum Gasteiger partial charge on any atom is 0.425 e. The third-order valence-electron chi connectivity index (χ3n) is 5.37. The smallest absolute Gasteiger partial charge is 0.425 e. The Hall–Kier alpha value is -2.15. The van der Waals surface area contributed by atoms with Gasteiger partial charge in [-0.05, 0) is 56.8 Å². The van der Waals surface area contributed by atoms with Gasteiger partial charge >= 0.3 is 18.2 Å². The highest BCUT2D eigenvalue weighted by Gasteiger charge is 2.38. The number of carbonyl (C=O) groups is 2. The van der Waals surface area contributed by atoms with Gasteiger partial charge in [-0.15, -0.1) is 22.7 Å². The number of anilines is 1. The molecule has 4 rings (SSSR count). The van der Waals surface area contributed by atoms with Crippen molar-refractivity contribution in [2.45, 2.75) is 65.1 Å². The van der Waals surface area contributed by atoms with Gasteiger partial charge in [-0.25, -0.2) is 9.59 Å². The molecule has 2 amide bonds. The SMILES string of the molecule is CC(C)(C)OC(=O)c1c(NC(=O)NCc2c(C(F)(F)F)sc3c2CCNC3)sc2c1CCOC2. The zero-order valence-corrected chi connectivity index (χ0v) is 20.7. The molecule has 2 aliphatic rings. The lowest BCUT2D eigenvalue weighted by Crippen LogP contribution is -2.31. The van der Waals surface area contributed by atoms with Crippen LogP contribution in [0.3, 0.4) is 0 Å². The quantitative estimate of drug-likeness (QED) is 0.506. The Morgan fingerprint density at radius 3 is 2.59 bits per heavy atom. The van der Waals surface area contributed by atoms with E-state index in [-0.39, 0.29) is 17.7 Å². The van der Waals surface area contributed by atoms with Crippen LogP contribution in [-0.2, 0) is 48.2 Å². The minimum Gasteiger partial charge on any atom is -0.456 e. The van der Waals surface area contributed by atoms with Crippen molar-refractivity contribution in [3.05, 3.63) is 36.9 Å². The molecule has 0 saturated heterocycles. The van der Waals surface area contributed by atoms with Crippen LogP contribution in [0.15, 0.2) is 0 Å². The van der Waals surface area contributed by atoms with Gasteiger partial charge in [0.1, 0.15) is 15.5 Å². The van der Waals surface area contributed by atoms with Crippen molar-refractivity contribution >= 4 is 39.7 Å². The minimum atomic E-state index is -4.49. The number of hydrogen-bond acceptors (Lipinski definition) is 7. The molecule has 12 heteroatoms. The zero-order valence-electron chi connectivity index (χ0n) is 19.0. The number of halogens is 3. The molecular formula is C22H26F3N3O4S2. The molecular weight excluding hydrogens is 491 g/mol.